The highest BCUT2D eigenvalue weighted by molar-refractivity contribution is 8.26. The second-order valence-electron chi connectivity index (χ2n) is 5.35. The van der Waals surface area contributed by atoms with E-state index in [1.807, 2.05) is 6.92 Å². The van der Waals surface area contributed by atoms with E-state index < -0.39 is 5.97 Å². The number of carbonyl (C=O) groups is 2. The quantitative estimate of drug-likeness (QED) is 0.555. The first-order valence-corrected chi connectivity index (χ1v) is 8.83. The average molecular weight is 397 g/mol. The van der Waals surface area contributed by atoms with Crippen LogP contribution in [0.5, 0.6) is 17.2 Å². The molecule has 1 amide bonds. The smallest absolute Gasteiger partial charge is 0.305 e. The molecule has 0 unspecified atom stereocenters. The van der Waals surface area contributed by atoms with Gasteiger partial charge in [0.2, 0.25) is 5.75 Å². The Hall–Kier alpha value is -2.26. The number of hydrogen-bond acceptors (Lipinski definition) is 7. The van der Waals surface area contributed by atoms with Crippen LogP contribution in [-0.2, 0) is 9.59 Å². The molecule has 26 heavy (non-hydrogen) atoms. The van der Waals surface area contributed by atoms with Crippen molar-refractivity contribution in [2.45, 2.75) is 13.3 Å². The first kappa shape index (κ1) is 20.1. The van der Waals surface area contributed by atoms with E-state index >= 15 is 0 Å². The molecule has 1 aromatic rings. The maximum Gasteiger partial charge on any atom is 0.305 e. The van der Waals surface area contributed by atoms with Crippen LogP contribution in [-0.4, -0.2) is 54.1 Å². The largest absolute Gasteiger partial charge is 0.493 e. The number of carboxylic acids is 1. The van der Waals surface area contributed by atoms with Gasteiger partial charge in [0.25, 0.3) is 5.91 Å². The number of carboxylic acid groups (broad SMARTS) is 1. The van der Waals surface area contributed by atoms with Crippen molar-refractivity contribution < 1.29 is 28.9 Å². The number of rotatable bonds is 7. The van der Waals surface area contributed by atoms with Crippen molar-refractivity contribution in [1.29, 1.82) is 0 Å². The lowest BCUT2D eigenvalue weighted by Crippen LogP contribution is -2.30. The SMILES string of the molecule is COc1cc(C)c(/C=C2/SC(=S)N(CCC(=O)O)C2=O)c(OC)c1OC. The Bertz CT molecular complexity index is 790. The summed E-state index contributed by atoms with van der Waals surface area (Å²) in [5.74, 6) is 0.0827. The number of ether oxygens (including phenoxy) is 3. The lowest BCUT2D eigenvalue weighted by atomic mass is 10.0. The van der Waals surface area contributed by atoms with Gasteiger partial charge >= 0.3 is 5.97 Å². The van der Waals surface area contributed by atoms with Gasteiger partial charge in [0.05, 0.1) is 32.7 Å². The molecule has 1 aliphatic rings. The Balaban J connectivity index is 2.45. The summed E-state index contributed by atoms with van der Waals surface area (Å²) in [6.45, 7) is 1.90. The van der Waals surface area contributed by atoms with Crippen LogP contribution in [0.3, 0.4) is 0 Å². The fourth-order valence-corrected chi connectivity index (χ4v) is 3.80. The van der Waals surface area contributed by atoms with Crippen LogP contribution < -0.4 is 14.2 Å². The van der Waals surface area contributed by atoms with Gasteiger partial charge < -0.3 is 19.3 Å². The second-order valence-corrected chi connectivity index (χ2v) is 7.03. The third kappa shape index (κ3) is 3.94. The molecule has 0 spiro atoms. The van der Waals surface area contributed by atoms with Crippen LogP contribution in [0.25, 0.3) is 6.08 Å². The van der Waals surface area contributed by atoms with Gasteiger partial charge in [-0.05, 0) is 24.6 Å². The van der Waals surface area contributed by atoms with Crippen LogP contribution in [0.4, 0.5) is 0 Å². The van der Waals surface area contributed by atoms with E-state index in [1.165, 1.54) is 26.2 Å². The van der Waals surface area contributed by atoms with Gasteiger partial charge in [-0.1, -0.05) is 24.0 Å². The van der Waals surface area contributed by atoms with Crippen LogP contribution >= 0.6 is 24.0 Å². The summed E-state index contributed by atoms with van der Waals surface area (Å²) in [4.78, 5) is 25.0. The summed E-state index contributed by atoms with van der Waals surface area (Å²) in [5.41, 5.74) is 1.50. The van der Waals surface area contributed by atoms with Crippen molar-refractivity contribution >= 4 is 46.3 Å². The molecule has 0 saturated carbocycles. The summed E-state index contributed by atoms with van der Waals surface area (Å²) in [5, 5.41) is 8.81. The minimum absolute atomic E-state index is 0.0411. The molecule has 0 radical (unpaired) electrons. The molecule has 1 heterocycles. The maximum absolute atomic E-state index is 12.6. The van der Waals surface area contributed by atoms with Crippen LogP contribution in [0.1, 0.15) is 17.5 Å². The van der Waals surface area contributed by atoms with Crippen LogP contribution in [0, 0.1) is 6.92 Å². The van der Waals surface area contributed by atoms with E-state index in [1.54, 1.807) is 12.1 Å². The monoisotopic (exact) mass is 397 g/mol. The molecule has 1 saturated heterocycles. The first-order chi connectivity index (χ1) is 12.3. The van der Waals surface area contributed by atoms with Crippen molar-refractivity contribution in [2.24, 2.45) is 0 Å². The summed E-state index contributed by atoms with van der Waals surface area (Å²) in [7, 11) is 4.54. The van der Waals surface area contributed by atoms with E-state index in [0.29, 0.717) is 32.0 Å². The normalized spacial score (nSPS) is 15.5. The molecule has 0 aromatic heterocycles. The Morgan fingerprint density at radius 2 is 1.92 bits per heavy atom. The number of nitrogens with zero attached hydrogens (tertiary/aromatic N) is 1. The number of thiocarbonyl (C=S) groups is 1. The number of carbonyl (C=O) groups excluding carboxylic acids is 1. The molecule has 9 heteroatoms. The highest BCUT2D eigenvalue weighted by Crippen LogP contribution is 2.44. The summed E-state index contributed by atoms with van der Waals surface area (Å²) >= 11 is 6.33. The highest BCUT2D eigenvalue weighted by atomic mass is 32.2. The van der Waals surface area contributed by atoms with Crippen molar-refractivity contribution in [1.82, 2.24) is 4.90 Å². The Morgan fingerprint density at radius 3 is 2.46 bits per heavy atom. The van der Waals surface area contributed by atoms with Gasteiger partial charge in [-0.15, -0.1) is 0 Å². The van der Waals surface area contributed by atoms with Crippen molar-refractivity contribution in [2.75, 3.05) is 27.9 Å². The van der Waals surface area contributed by atoms with Crippen LogP contribution in [0.2, 0.25) is 0 Å². The number of amides is 1. The zero-order valence-electron chi connectivity index (χ0n) is 14.8. The van der Waals surface area contributed by atoms with Crippen LogP contribution in [0.15, 0.2) is 11.0 Å². The average Bonchev–Trinajstić information content (AvgIpc) is 2.87. The molecule has 2 rings (SSSR count). The molecule has 0 aliphatic carbocycles. The van der Waals surface area contributed by atoms with E-state index in [-0.39, 0.29) is 18.9 Å². The zero-order chi connectivity index (χ0) is 19.4. The number of aryl methyl sites for hydroxylation is 1. The molecule has 1 N–H and O–H groups in total. The minimum atomic E-state index is -0.986. The summed E-state index contributed by atoms with van der Waals surface area (Å²) < 4.78 is 16.5. The fraction of sp³-hybridized carbons (Fsp3) is 0.353. The number of aliphatic carboxylic acids is 1. The molecular formula is C17H19NO6S2. The molecule has 1 aromatic carbocycles. The van der Waals surface area contributed by atoms with Crippen molar-refractivity contribution in [3.63, 3.8) is 0 Å². The third-order valence-electron chi connectivity index (χ3n) is 3.77. The fourth-order valence-electron chi connectivity index (χ4n) is 2.51. The molecule has 0 bridgehead atoms. The zero-order valence-corrected chi connectivity index (χ0v) is 16.5. The number of hydrogen-bond donors (Lipinski definition) is 1. The highest BCUT2D eigenvalue weighted by Gasteiger charge is 2.33. The van der Waals surface area contributed by atoms with E-state index in [4.69, 9.17) is 31.5 Å². The standard InChI is InChI=1S/C17H19NO6S2/c1-9-7-11(22-2)15(24-4)14(23-3)10(9)8-12-16(21)18(17(25)26-12)6-5-13(19)20/h7-8H,5-6H2,1-4H3,(H,19,20)/b12-8+. The molecule has 7 nitrogen and oxygen atoms in total. The Morgan fingerprint density at radius 1 is 1.27 bits per heavy atom. The summed E-state index contributed by atoms with van der Waals surface area (Å²) in [6, 6.07) is 1.79. The Labute approximate surface area is 160 Å². The van der Waals surface area contributed by atoms with Gasteiger partial charge in [0.1, 0.15) is 4.32 Å². The topological polar surface area (TPSA) is 85.3 Å². The van der Waals surface area contributed by atoms with Gasteiger partial charge in [-0.25, -0.2) is 0 Å². The van der Waals surface area contributed by atoms with E-state index in [9.17, 15) is 9.59 Å². The number of thioether (sulfide) groups is 1. The minimum Gasteiger partial charge on any atom is -0.493 e. The number of methoxy groups -OCH3 is 3. The Kier molecular flexibility index (Phi) is 6.49. The second kappa shape index (κ2) is 8.41. The lowest BCUT2D eigenvalue weighted by Gasteiger charge is -2.16. The van der Waals surface area contributed by atoms with E-state index in [2.05, 4.69) is 0 Å². The summed E-state index contributed by atoms with van der Waals surface area (Å²) in [6.07, 6.45) is 1.51. The molecule has 0 atom stereocenters. The third-order valence-corrected chi connectivity index (χ3v) is 5.15. The molecule has 140 valence electrons. The van der Waals surface area contributed by atoms with Gasteiger partial charge in [0.15, 0.2) is 11.5 Å². The molecular weight excluding hydrogens is 378 g/mol. The molecule has 1 aliphatic heterocycles. The van der Waals surface area contributed by atoms with Gasteiger partial charge in [-0.3, -0.25) is 14.5 Å². The van der Waals surface area contributed by atoms with Gasteiger partial charge in [-0.2, -0.15) is 0 Å². The predicted octanol–water partition coefficient (Wildman–Crippen LogP) is 2.70. The van der Waals surface area contributed by atoms with Gasteiger partial charge in [0, 0.05) is 12.1 Å². The first-order valence-electron chi connectivity index (χ1n) is 7.60. The van der Waals surface area contributed by atoms with Crippen molar-refractivity contribution in [3.05, 3.63) is 22.1 Å². The molecule has 1 fully saturated rings. The van der Waals surface area contributed by atoms with Crippen molar-refractivity contribution in [3.8, 4) is 17.2 Å². The number of benzene rings is 1. The predicted molar refractivity (Wildman–Crippen MR) is 103 cm³/mol. The maximum atomic E-state index is 12.6. The lowest BCUT2D eigenvalue weighted by molar-refractivity contribution is -0.137. The van der Waals surface area contributed by atoms with E-state index in [0.717, 1.165) is 17.3 Å².